The molecule has 0 aromatic heterocycles. The van der Waals surface area contributed by atoms with Crippen LogP contribution in [-0.4, -0.2) is 18.6 Å². The molecule has 0 aliphatic carbocycles. The van der Waals surface area contributed by atoms with Crippen molar-refractivity contribution in [1.29, 1.82) is 0 Å². The fraction of sp³-hybridized carbons (Fsp3) is 0.350. The maximum absolute atomic E-state index is 11.8. The Labute approximate surface area is 142 Å². The normalized spacial score (nSPS) is 19.9. The lowest BCUT2D eigenvalue weighted by Gasteiger charge is -2.14. The molecule has 126 valence electrons. The predicted octanol–water partition coefficient (Wildman–Crippen LogP) is 3.62. The Hall–Kier alpha value is -2.33. The molecule has 1 saturated heterocycles. The molecule has 1 aliphatic rings. The molecule has 4 heteroatoms. The van der Waals surface area contributed by atoms with Crippen LogP contribution in [0, 0.1) is 0 Å². The van der Waals surface area contributed by atoms with Crippen molar-refractivity contribution in [2.24, 2.45) is 0 Å². The van der Waals surface area contributed by atoms with Crippen LogP contribution in [0.4, 0.5) is 0 Å². The van der Waals surface area contributed by atoms with Gasteiger partial charge in [-0.05, 0) is 43.0 Å². The van der Waals surface area contributed by atoms with E-state index in [9.17, 15) is 4.79 Å². The van der Waals surface area contributed by atoms with Gasteiger partial charge >= 0.3 is 5.97 Å². The Bertz CT molecular complexity index is 654. The van der Waals surface area contributed by atoms with E-state index in [-0.39, 0.29) is 18.1 Å². The highest BCUT2D eigenvalue weighted by atomic mass is 16.5. The summed E-state index contributed by atoms with van der Waals surface area (Å²) in [5.74, 6) is 0.699. The molecule has 4 nitrogen and oxygen atoms in total. The van der Waals surface area contributed by atoms with Gasteiger partial charge in [-0.15, -0.1) is 0 Å². The lowest BCUT2D eigenvalue weighted by Crippen LogP contribution is -2.33. The van der Waals surface area contributed by atoms with Crippen molar-refractivity contribution in [3.05, 3.63) is 65.7 Å². The molecule has 1 fully saturated rings. The van der Waals surface area contributed by atoms with Gasteiger partial charge in [0.1, 0.15) is 18.4 Å². The quantitative estimate of drug-likeness (QED) is 0.824. The van der Waals surface area contributed by atoms with Crippen molar-refractivity contribution in [3.8, 4) is 5.75 Å². The molecule has 0 radical (unpaired) electrons. The Morgan fingerprint density at radius 2 is 1.83 bits per heavy atom. The second-order valence-corrected chi connectivity index (χ2v) is 5.94. The van der Waals surface area contributed by atoms with Gasteiger partial charge in [0.05, 0.1) is 6.61 Å². The van der Waals surface area contributed by atoms with Gasteiger partial charge in [-0.1, -0.05) is 42.5 Å². The van der Waals surface area contributed by atoms with Crippen LogP contribution in [0.1, 0.15) is 36.9 Å². The molecule has 2 atom stereocenters. The summed E-state index contributed by atoms with van der Waals surface area (Å²) in [6.07, 6.45) is 1.75. The van der Waals surface area contributed by atoms with E-state index < -0.39 is 0 Å². The van der Waals surface area contributed by atoms with Crippen molar-refractivity contribution in [2.75, 3.05) is 6.61 Å². The molecular weight excluding hydrogens is 302 g/mol. The van der Waals surface area contributed by atoms with Gasteiger partial charge in [-0.25, -0.2) is 0 Å². The van der Waals surface area contributed by atoms with Crippen molar-refractivity contribution >= 4 is 5.97 Å². The Balaban J connectivity index is 1.54. The van der Waals surface area contributed by atoms with Crippen LogP contribution in [0.15, 0.2) is 54.6 Å². The first-order chi connectivity index (χ1) is 11.8. The van der Waals surface area contributed by atoms with Crippen LogP contribution in [0.3, 0.4) is 0 Å². The zero-order valence-corrected chi connectivity index (χ0v) is 13.9. The first kappa shape index (κ1) is 16.5. The molecule has 0 saturated carbocycles. The van der Waals surface area contributed by atoms with Crippen LogP contribution in [-0.2, 0) is 16.1 Å². The smallest absolute Gasteiger partial charge is 0.323 e. The first-order valence-electron chi connectivity index (χ1n) is 8.45. The standard InChI is InChI=1S/C20H23NO3/c1-2-23-20(22)19-13-12-18(21-19)16-8-10-17(11-9-16)24-14-15-6-4-3-5-7-15/h3-11,18-19,21H,2,12-14H2,1H3/t18-,19+/m0/s1. The zero-order chi connectivity index (χ0) is 16.8. The fourth-order valence-corrected chi connectivity index (χ4v) is 2.97. The number of hydrogen-bond donors (Lipinski definition) is 1. The third-order valence-corrected chi connectivity index (χ3v) is 4.25. The highest BCUT2D eigenvalue weighted by Gasteiger charge is 2.30. The van der Waals surface area contributed by atoms with Gasteiger partial charge in [0, 0.05) is 6.04 Å². The van der Waals surface area contributed by atoms with Gasteiger partial charge in [0.25, 0.3) is 0 Å². The number of ether oxygens (including phenoxy) is 2. The van der Waals surface area contributed by atoms with Gasteiger partial charge in [-0.2, -0.15) is 0 Å². The molecule has 3 rings (SSSR count). The van der Waals surface area contributed by atoms with E-state index in [4.69, 9.17) is 9.47 Å². The average molecular weight is 325 g/mol. The molecule has 0 unspecified atom stereocenters. The fourth-order valence-electron chi connectivity index (χ4n) is 2.97. The van der Waals surface area contributed by atoms with E-state index in [1.54, 1.807) is 0 Å². The third kappa shape index (κ3) is 4.15. The minimum absolute atomic E-state index is 0.150. The van der Waals surface area contributed by atoms with Crippen molar-refractivity contribution in [3.63, 3.8) is 0 Å². The summed E-state index contributed by atoms with van der Waals surface area (Å²) in [7, 11) is 0. The summed E-state index contributed by atoms with van der Waals surface area (Å²) in [4.78, 5) is 11.8. The summed E-state index contributed by atoms with van der Waals surface area (Å²) in [5.41, 5.74) is 2.32. The molecule has 0 bridgehead atoms. The molecule has 2 aromatic carbocycles. The number of carbonyl (C=O) groups excluding carboxylic acids is 1. The molecule has 2 aromatic rings. The van der Waals surface area contributed by atoms with Crippen molar-refractivity contribution in [2.45, 2.75) is 38.5 Å². The van der Waals surface area contributed by atoms with E-state index >= 15 is 0 Å². The lowest BCUT2D eigenvalue weighted by molar-refractivity contribution is -0.145. The molecular formula is C20H23NO3. The maximum atomic E-state index is 11.8. The largest absolute Gasteiger partial charge is 0.489 e. The van der Waals surface area contributed by atoms with E-state index in [0.29, 0.717) is 13.2 Å². The second kappa shape index (κ2) is 7.97. The summed E-state index contributed by atoms with van der Waals surface area (Å²) >= 11 is 0. The SMILES string of the molecule is CCOC(=O)[C@H]1CC[C@@H](c2ccc(OCc3ccccc3)cc2)N1. The number of nitrogens with one attached hydrogen (secondary N) is 1. The van der Waals surface area contributed by atoms with Gasteiger partial charge in [0.15, 0.2) is 0 Å². The van der Waals surface area contributed by atoms with Gasteiger partial charge in [-0.3, -0.25) is 10.1 Å². The zero-order valence-electron chi connectivity index (χ0n) is 13.9. The molecule has 1 aliphatic heterocycles. The van der Waals surface area contributed by atoms with Gasteiger partial charge < -0.3 is 9.47 Å². The second-order valence-electron chi connectivity index (χ2n) is 5.94. The Kier molecular flexibility index (Phi) is 5.49. The topological polar surface area (TPSA) is 47.6 Å². The van der Waals surface area contributed by atoms with E-state index in [1.165, 1.54) is 5.56 Å². The number of hydrogen-bond acceptors (Lipinski definition) is 4. The highest BCUT2D eigenvalue weighted by molar-refractivity contribution is 5.76. The minimum atomic E-state index is -0.191. The minimum Gasteiger partial charge on any atom is -0.489 e. The van der Waals surface area contributed by atoms with Crippen LogP contribution in [0.2, 0.25) is 0 Å². The van der Waals surface area contributed by atoms with Crippen molar-refractivity contribution in [1.82, 2.24) is 5.32 Å². The molecule has 0 amide bonds. The molecule has 24 heavy (non-hydrogen) atoms. The van der Waals surface area contributed by atoms with Crippen LogP contribution in [0.5, 0.6) is 5.75 Å². The average Bonchev–Trinajstić information content (AvgIpc) is 3.12. The summed E-state index contributed by atoms with van der Waals surface area (Å²) < 4.78 is 10.9. The maximum Gasteiger partial charge on any atom is 0.323 e. The Morgan fingerprint density at radius 1 is 1.08 bits per heavy atom. The van der Waals surface area contributed by atoms with Crippen LogP contribution < -0.4 is 10.1 Å². The Morgan fingerprint density at radius 3 is 2.54 bits per heavy atom. The van der Waals surface area contributed by atoms with E-state index in [0.717, 1.165) is 24.2 Å². The molecule has 1 N–H and O–H groups in total. The lowest BCUT2D eigenvalue weighted by atomic mass is 10.1. The summed E-state index contributed by atoms with van der Waals surface area (Å²) in [6.45, 7) is 2.82. The van der Waals surface area contributed by atoms with E-state index in [1.807, 2.05) is 49.4 Å². The van der Waals surface area contributed by atoms with Crippen molar-refractivity contribution < 1.29 is 14.3 Å². The summed E-state index contributed by atoms with van der Waals surface area (Å²) in [5, 5.41) is 3.35. The number of carbonyl (C=O) groups is 1. The number of esters is 1. The third-order valence-electron chi connectivity index (χ3n) is 4.25. The van der Waals surface area contributed by atoms with Crippen LogP contribution in [0.25, 0.3) is 0 Å². The first-order valence-corrected chi connectivity index (χ1v) is 8.45. The number of benzene rings is 2. The monoisotopic (exact) mass is 325 g/mol. The molecule has 0 spiro atoms. The van der Waals surface area contributed by atoms with Gasteiger partial charge in [0.2, 0.25) is 0 Å². The molecule has 1 heterocycles. The highest BCUT2D eigenvalue weighted by Crippen LogP contribution is 2.28. The van der Waals surface area contributed by atoms with E-state index in [2.05, 4.69) is 17.4 Å². The summed E-state index contributed by atoms with van der Waals surface area (Å²) in [6, 6.07) is 18.2. The number of rotatable bonds is 6. The van der Waals surface area contributed by atoms with Crippen LogP contribution >= 0.6 is 0 Å². The predicted molar refractivity (Wildman–Crippen MR) is 92.7 cm³/mol.